The molecule has 3 rings (SSSR count). The molecule has 5 atom stereocenters. The van der Waals surface area contributed by atoms with Gasteiger partial charge < -0.3 is 10.2 Å². The van der Waals surface area contributed by atoms with Gasteiger partial charge in [0.15, 0.2) is 0 Å². The molecule has 3 fully saturated rings. The second-order valence-electron chi connectivity index (χ2n) is 8.22. The largest absolute Gasteiger partial charge is 0.343 e. The molecule has 4 heteroatoms. The lowest BCUT2D eigenvalue weighted by atomic mass is 9.67. The second kappa shape index (κ2) is 4.47. The lowest BCUT2D eigenvalue weighted by molar-refractivity contribution is -0.159. The maximum atomic E-state index is 12.8. The third kappa shape index (κ3) is 1.87. The van der Waals surface area contributed by atoms with Crippen LogP contribution in [0.2, 0.25) is 0 Å². The maximum Gasteiger partial charge on any atom is 0.245 e. The van der Waals surface area contributed by atoms with Crippen LogP contribution in [0.1, 0.15) is 60.3 Å². The van der Waals surface area contributed by atoms with Gasteiger partial charge in [-0.25, -0.2) is 0 Å². The van der Waals surface area contributed by atoms with Crippen LogP contribution in [0.5, 0.6) is 0 Å². The van der Waals surface area contributed by atoms with Gasteiger partial charge in [0.2, 0.25) is 11.8 Å². The first-order chi connectivity index (χ1) is 9.72. The lowest BCUT2D eigenvalue weighted by Crippen LogP contribution is -2.69. The molecule has 2 saturated carbocycles. The van der Waals surface area contributed by atoms with E-state index in [4.69, 9.17) is 0 Å². The van der Waals surface area contributed by atoms with Gasteiger partial charge in [-0.15, -0.1) is 0 Å². The van der Waals surface area contributed by atoms with Crippen molar-refractivity contribution >= 4 is 11.8 Å². The van der Waals surface area contributed by atoms with Crippen LogP contribution < -0.4 is 5.32 Å². The van der Waals surface area contributed by atoms with Gasteiger partial charge in [0.05, 0.1) is 0 Å². The quantitative estimate of drug-likeness (QED) is 0.849. The fraction of sp³-hybridized carbons (Fsp3) is 0.882. The predicted molar refractivity (Wildman–Crippen MR) is 81.5 cm³/mol. The smallest absolute Gasteiger partial charge is 0.245 e. The van der Waals surface area contributed by atoms with Crippen LogP contribution in [0.4, 0.5) is 0 Å². The van der Waals surface area contributed by atoms with Crippen molar-refractivity contribution in [1.82, 2.24) is 10.2 Å². The van der Waals surface area contributed by atoms with E-state index < -0.39 is 0 Å². The molecule has 1 heterocycles. The number of carbonyl (C=O) groups is 2. The molecule has 2 amide bonds. The average Bonchev–Trinajstić information content (AvgIpc) is 2.86. The molecule has 2 bridgehead atoms. The van der Waals surface area contributed by atoms with Crippen molar-refractivity contribution < 1.29 is 9.59 Å². The van der Waals surface area contributed by atoms with E-state index >= 15 is 0 Å². The Bertz CT molecular complexity index is 482. The van der Waals surface area contributed by atoms with Crippen LogP contribution >= 0.6 is 0 Å². The minimum atomic E-state index is -0.390. The first-order valence-electron chi connectivity index (χ1n) is 8.35. The minimum absolute atomic E-state index is 0.0202. The molecule has 0 aromatic rings. The van der Waals surface area contributed by atoms with E-state index in [1.807, 2.05) is 18.7 Å². The molecular formula is C17H28N2O2. The van der Waals surface area contributed by atoms with Crippen LogP contribution in [-0.2, 0) is 9.59 Å². The summed E-state index contributed by atoms with van der Waals surface area (Å²) in [5.74, 6) is 0.804. The minimum Gasteiger partial charge on any atom is -0.343 e. The van der Waals surface area contributed by atoms with Gasteiger partial charge in [-0.1, -0.05) is 27.7 Å². The molecule has 5 unspecified atom stereocenters. The summed E-state index contributed by atoms with van der Waals surface area (Å²) in [6.45, 7) is 10.7. The van der Waals surface area contributed by atoms with E-state index in [1.54, 1.807) is 0 Å². The number of hydrogen-bond acceptors (Lipinski definition) is 2. The molecule has 2 aliphatic carbocycles. The predicted octanol–water partition coefficient (Wildman–Crippen LogP) is 2.33. The van der Waals surface area contributed by atoms with Crippen molar-refractivity contribution in [3.05, 3.63) is 0 Å². The number of hydrogen-bond donors (Lipinski definition) is 1. The monoisotopic (exact) mass is 292 g/mol. The Labute approximate surface area is 127 Å². The fourth-order valence-corrected chi connectivity index (χ4v) is 5.53. The highest BCUT2D eigenvalue weighted by molar-refractivity contribution is 5.97. The lowest BCUT2D eigenvalue weighted by Gasteiger charge is -2.53. The topological polar surface area (TPSA) is 49.4 Å². The molecule has 3 aliphatic rings. The van der Waals surface area contributed by atoms with E-state index in [0.29, 0.717) is 12.3 Å². The van der Waals surface area contributed by atoms with Crippen molar-refractivity contribution in [2.45, 2.75) is 78.4 Å². The fourth-order valence-electron chi connectivity index (χ4n) is 5.53. The Hall–Kier alpha value is -1.06. The number of nitrogens with one attached hydrogen (secondary N) is 1. The van der Waals surface area contributed by atoms with Crippen molar-refractivity contribution in [2.75, 3.05) is 0 Å². The van der Waals surface area contributed by atoms with Crippen LogP contribution in [0.15, 0.2) is 0 Å². The van der Waals surface area contributed by atoms with Crippen LogP contribution in [0, 0.1) is 16.7 Å². The van der Waals surface area contributed by atoms with Gasteiger partial charge in [-0.2, -0.15) is 0 Å². The van der Waals surface area contributed by atoms with Gasteiger partial charge in [0.25, 0.3) is 0 Å². The summed E-state index contributed by atoms with van der Waals surface area (Å²) < 4.78 is 0. The molecule has 0 aromatic carbocycles. The van der Waals surface area contributed by atoms with Crippen molar-refractivity contribution in [2.24, 2.45) is 16.7 Å². The zero-order valence-electron chi connectivity index (χ0n) is 13.9. The molecular weight excluding hydrogens is 264 g/mol. The first-order valence-corrected chi connectivity index (χ1v) is 8.35. The molecule has 1 saturated heterocycles. The Morgan fingerprint density at radius 3 is 2.48 bits per heavy atom. The van der Waals surface area contributed by atoms with Gasteiger partial charge in [0.1, 0.15) is 12.1 Å². The summed E-state index contributed by atoms with van der Waals surface area (Å²) in [5, 5.41) is 2.84. The van der Waals surface area contributed by atoms with Crippen molar-refractivity contribution in [1.29, 1.82) is 0 Å². The standard InChI is InChI=1S/C17H28N2O2/c1-6-12-13(20)18-10(2)14(21)19(12)15-16(3,4)11-7-8-17(15,5)9-11/h10-12,15H,6-9H2,1-5H3,(H,18,20). The molecule has 0 radical (unpaired) electrons. The highest BCUT2D eigenvalue weighted by Crippen LogP contribution is 2.64. The molecule has 0 aromatic heterocycles. The van der Waals surface area contributed by atoms with Gasteiger partial charge in [-0.05, 0) is 49.4 Å². The number of nitrogens with zero attached hydrogens (tertiary/aromatic N) is 1. The highest BCUT2D eigenvalue weighted by atomic mass is 16.2. The average molecular weight is 292 g/mol. The Morgan fingerprint density at radius 2 is 1.95 bits per heavy atom. The summed E-state index contributed by atoms with van der Waals surface area (Å²) in [6.07, 6.45) is 4.33. The Kier molecular flexibility index (Phi) is 3.16. The SMILES string of the molecule is CCC1C(=O)NC(C)C(=O)N1C1C2(C)CCC(C2)C1(C)C. The van der Waals surface area contributed by atoms with Gasteiger partial charge in [0, 0.05) is 6.04 Å². The second-order valence-corrected chi connectivity index (χ2v) is 8.22. The number of piperazine rings is 1. The third-order valence-electron chi connectivity index (χ3n) is 6.48. The molecule has 1 N–H and O–H groups in total. The summed E-state index contributed by atoms with van der Waals surface area (Å²) >= 11 is 0. The maximum absolute atomic E-state index is 12.8. The first kappa shape index (κ1) is 14.9. The molecule has 21 heavy (non-hydrogen) atoms. The number of carbonyl (C=O) groups excluding carboxylic acids is 2. The van der Waals surface area contributed by atoms with E-state index in [0.717, 1.165) is 0 Å². The van der Waals surface area contributed by atoms with Crippen molar-refractivity contribution in [3.63, 3.8) is 0 Å². The summed E-state index contributed by atoms with van der Waals surface area (Å²) in [7, 11) is 0. The van der Waals surface area contributed by atoms with Crippen molar-refractivity contribution in [3.8, 4) is 0 Å². The summed E-state index contributed by atoms with van der Waals surface area (Å²) in [4.78, 5) is 27.2. The highest BCUT2D eigenvalue weighted by Gasteiger charge is 2.63. The van der Waals surface area contributed by atoms with Crippen LogP contribution in [0.25, 0.3) is 0 Å². The van der Waals surface area contributed by atoms with Crippen LogP contribution in [-0.4, -0.2) is 34.8 Å². The van der Waals surface area contributed by atoms with E-state index in [2.05, 4.69) is 26.1 Å². The molecule has 0 spiro atoms. The van der Waals surface area contributed by atoms with Gasteiger partial charge in [-0.3, -0.25) is 9.59 Å². The Morgan fingerprint density at radius 1 is 1.29 bits per heavy atom. The number of rotatable bonds is 2. The van der Waals surface area contributed by atoms with E-state index in [-0.39, 0.29) is 40.8 Å². The van der Waals surface area contributed by atoms with Crippen LogP contribution in [0.3, 0.4) is 0 Å². The summed E-state index contributed by atoms with van der Waals surface area (Å²) in [6, 6.07) is -0.498. The van der Waals surface area contributed by atoms with E-state index in [1.165, 1.54) is 19.3 Å². The zero-order valence-corrected chi connectivity index (χ0v) is 13.9. The molecule has 1 aliphatic heterocycles. The molecule has 4 nitrogen and oxygen atoms in total. The summed E-state index contributed by atoms with van der Waals surface area (Å²) in [5.41, 5.74) is 0.280. The molecule has 118 valence electrons. The van der Waals surface area contributed by atoms with Gasteiger partial charge >= 0.3 is 0 Å². The Balaban J connectivity index is 2.03. The number of amides is 2. The van der Waals surface area contributed by atoms with E-state index in [9.17, 15) is 9.59 Å². The zero-order chi connectivity index (χ0) is 15.6. The normalized spacial score (nSPS) is 45.1. The number of fused-ring (bicyclic) bond motifs is 2. The third-order valence-corrected chi connectivity index (χ3v) is 6.48.